The van der Waals surface area contributed by atoms with Gasteiger partial charge in [0.15, 0.2) is 0 Å². The molecule has 0 radical (unpaired) electrons. The Balaban J connectivity index is 1.58. The predicted octanol–water partition coefficient (Wildman–Crippen LogP) is 3.88. The molecule has 0 aliphatic rings. The van der Waals surface area contributed by atoms with Crippen LogP contribution in [-0.4, -0.2) is 22.1 Å². The zero-order valence-electron chi connectivity index (χ0n) is 14.5. The first-order valence-electron chi connectivity index (χ1n) is 8.51. The Kier molecular flexibility index (Phi) is 4.37. The lowest BCUT2D eigenvalue weighted by molar-refractivity contribution is 0.414. The molecule has 2 aromatic carbocycles. The first kappa shape index (κ1) is 16.3. The number of aromatic amines is 1. The molecule has 0 spiro atoms. The SMILES string of the molecule is COc1ccc(C[C@@H](N)c2nc3ccc(-c4ccncc4)cc3[nH]2)cc1. The highest BCUT2D eigenvalue weighted by molar-refractivity contribution is 5.82. The van der Waals surface area contributed by atoms with E-state index in [1.807, 2.05) is 42.5 Å². The van der Waals surface area contributed by atoms with Gasteiger partial charge in [0.2, 0.25) is 0 Å². The highest BCUT2D eigenvalue weighted by atomic mass is 16.5. The second-order valence-corrected chi connectivity index (χ2v) is 6.25. The van der Waals surface area contributed by atoms with Crippen molar-refractivity contribution in [2.45, 2.75) is 12.5 Å². The minimum absolute atomic E-state index is 0.194. The van der Waals surface area contributed by atoms with Crippen molar-refractivity contribution < 1.29 is 4.74 Å². The number of H-pyrrole nitrogens is 1. The molecule has 130 valence electrons. The number of benzene rings is 2. The molecular formula is C21H20N4O. The van der Waals surface area contributed by atoms with E-state index < -0.39 is 0 Å². The van der Waals surface area contributed by atoms with Gasteiger partial charge in [-0.05, 0) is 59.5 Å². The van der Waals surface area contributed by atoms with E-state index in [-0.39, 0.29) is 6.04 Å². The number of hydrogen-bond acceptors (Lipinski definition) is 4. The maximum atomic E-state index is 6.38. The maximum absolute atomic E-state index is 6.38. The van der Waals surface area contributed by atoms with Crippen LogP contribution in [0, 0.1) is 0 Å². The Morgan fingerprint density at radius 1 is 1.00 bits per heavy atom. The molecule has 5 nitrogen and oxygen atoms in total. The Morgan fingerprint density at radius 2 is 1.77 bits per heavy atom. The quantitative estimate of drug-likeness (QED) is 0.576. The topological polar surface area (TPSA) is 76.8 Å². The summed E-state index contributed by atoms with van der Waals surface area (Å²) in [6.07, 6.45) is 4.30. The summed E-state index contributed by atoms with van der Waals surface area (Å²) in [4.78, 5) is 12.1. The summed E-state index contributed by atoms with van der Waals surface area (Å²) in [5, 5.41) is 0. The minimum atomic E-state index is -0.194. The highest BCUT2D eigenvalue weighted by Crippen LogP contribution is 2.25. The molecule has 0 aliphatic heterocycles. The fraction of sp³-hybridized carbons (Fsp3) is 0.143. The first-order chi connectivity index (χ1) is 12.7. The first-order valence-corrected chi connectivity index (χ1v) is 8.51. The van der Waals surface area contributed by atoms with Gasteiger partial charge >= 0.3 is 0 Å². The number of rotatable bonds is 5. The van der Waals surface area contributed by atoms with E-state index in [0.29, 0.717) is 6.42 Å². The van der Waals surface area contributed by atoms with Gasteiger partial charge in [-0.1, -0.05) is 18.2 Å². The van der Waals surface area contributed by atoms with Crippen LogP contribution in [0.1, 0.15) is 17.4 Å². The van der Waals surface area contributed by atoms with Crippen molar-refractivity contribution >= 4 is 11.0 Å². The van der Waals surface area contributed by atoms with Gasteiger partial charge in [-0.2, -0.15) is 0 Å². The molecule has 0 saturated heterocycles. The van der Waals surface area contributed by atoms with Gasteiger partial charge in [0, 0.05) is 12.4 Å². The van der Waals surface area contributed by atoms with E-state index >= 15 is 0 Å². The number of nitrogens with one attached hydrogen (secondary N) is 1. The van der Waals surface area contributed by atoms with Crippen LogP contribution in [0.25, 0.3) is 22.2 Å². The number of hydrogen-bond donors (Lipinski definition) is 2. The average molecular weight is 344 g/mol. The molecule has 0 aliphatic carbocycles. The van der Waals surface area contributed by atoms with Crippen LogP contribution in [0.5, 0.6) is 5.75 Å². The monoisotopic (exact) mass is 344 g/mol. The van der Waals surface area contributed by atoms with Crippen molar-refractivity contribution in [2.24, 2.45) is 5.73 Å². The van der Waals surface area contributed by atoms with Gasteiger partial charge in [0.25, 0.3) is 0 Å². The van der Waals surface area contributed by atoms with Gasteiger partial charge in [-0.3, -0.25) is 4.98 Å². The van der Waals surface area contributed by atoms with E-state index in [1.54, 1.807) is 19.5 Å². The zero-order valence-corrected chi connectivity index (χ0v) is 14.5. The van der Waals surface area contributed by atoms with Crippen LogP contribution < -0.4 is 10.5 Å². The maximum Gasteiger partial charge on any atom is 0.124 e. The van der Waals surface area contributed by atoms with Crippen molar-refractivity contribution in [1.29, 1.82) is 0 Å². The van der Waals surface area contributed by atoms with E-state index in [4.69, 9.17) is 10.5 Å². The number of nitrogens with two attached hydrogens (primary N) is 1. The summed E-state index contributed by atoms with van der Waals surface area (Å²) in [5.41, 5.74) is 11.7. The highest BCUT2D eigenvalue weighted by Gasteiger charge is 2.13. The number of imidazole rings is 1. The molecule has 0 fully saturated rings. The lowest BCUT2D eigenvalue weighted by atomic mass is 10.1. The standard InChI is InChI=1S/C21H20N4O/c1-26-17-5-2-14(3-6-17)12-18(22)21-24-19-7-4-16(13-20(19)25-21)15-8-10-23-11-9-15/h2-11,13,18H,12,22H2,1H3,(H,24,25)/t18-/m1/s1. The lowest BCUT2D eigenvalue weighted by Crippen LogP contribution is -2.14. The Labute approximate surface area is 151 Å². The Hall–Kier alpha value is -3.18. The molecule has 3 N–H and O–H groups in total. The number of pyridine rings is 1. The summed E-state index contributed by atoms with van der Waals surface area (Å²) >= 11 is 0. The third kappa shape index (κ3) is 3.30. The number of ether oxygens (including phenoxy) is 1. The molecular weight excluding hydrogens is 324 g/mol. The average Bonchev–Trinajstić information content (AvgIpc) is 3.13. The Morgan fingerprint density at radius 3 is 2.50 bits per heavy atom. The minimum Gasteiger partial charge on any atom is -0.497 e. The van der Waals surface area contributed by atoms with Crippen LogP contribution >= 0.6 is 0 Å². The molecule has 4 aromatic rings. The third-order valence-electron chi connectivity index (χ3n) is 4.48. The van der Waals surface area contributed by atoms with Gasteiger partial charge < -0.3 is 15.5 Å². The molecule has 5 heteroatoms. The largest absolute Gasteiger partial charge is 0.497 e. The molecule has 26 heavy (non-hydrogen) atoms. The number of aromatic nitrogens is 3. The normalized spacial score (nSPS) is 12.2. The zero-order chi connectivity index (χ0) is 17.9. The van der Waals surface area contributed by atoms with E-state index in [9.17, 15) is 0 Å². The number of nitrogens with zero attached hydrogens (tertiary/aromatic N) is 2. The molecule has 0 saturated carbocycles. The van der Waals surface area contributed by atoms with E-state index in [1.165, 1.54) is 0 Å². The van der Waals surface area contributed by atoms with Gasteiger partial charge in [0.05, 0.1) is 24.2 Å². The van der Waals surface area contributed by atoms with Crippen molar-refractivity contribution in [3.05, 3.63) is 78.4 Å². The van der Waals surface area contributed by atoms with Crippen LogP contribution in [0.15, 0.2) is 67.0 Å². The summed E-state index contributed by atoms with van der Waals surface area (Å²) in [7, 11) is 1.66. The summed E-state index contributed by atoms with van der Waals surface area (Å²) in [6.45, 7) is 0. The fourth-order valence-electron chi connectivity index (χ4n) is 3.04. The molecule has 0 amide bonds. The van der Waals surface area contributed by atoms with E-state index in [0.717, 1.165) is 39.3 Å². The van der Waals surface area contributed by atoms with Gasteiger partial charge in [0.1, 0.15) is 11.6 Å². The van der Waals surface area contributed by atoms with Crippen molar-refractivity contribution in [1.82, 2.24) is 15.0 Å². The van der Waals surface area contributed by atoms with Gasteiger partial charge in [-0.15, -0.1) is 0 Å². The number of fused-ring (bicyclic) bond motifs is 1. The van der Waals surface area contributed by atoms with Crippen LogP contribution in [0.2, 0.25) is 0 Å². The lowest BCUT2D eigenvalue weighted by Gasteiger charge is -2.09. The van der Waals surface area contributed by atoms with Crippen LogP contribution in [0.4, 0.5) is 0 Å². The van der Waals surface area contributed by atoms with Gasteiger partial charge in [-0.25, -0.2) is 4.98 Å². The van der Waals surface area contributed by atoms with Crippen LogP contribution in [0.3, 0.4) is 0 Å². The van der Waals surface area contributed by atoms with Crippen LogP contribution in [-0.2, 0) is 6.42 Å². The summed E-state index contributed by atoms with van der Waals surface area (Å²) in [5.74, 6) is 1.64. The third-order valence-corrected chi connectivity index (χ3v) is 4.48. The molecule has 4 rings (SSSR count). The van der Waals surface area contributed by atoms with Crippen molar-refractivity contribution in [3.63, 3.8) is 0 Å². The molecule has 0 unspecified atom stereocenters. The van der Waals surface area contributed by atoms with Crippen molar-refractivity contribution in [3.8, 4) is 16.9 Å². The summed E-state index contributed by atoms with van der Waals surface area (Å²) < 4.78 is 5.19. The molecule has 2 heterocycles. The number of methoxy groups -OCH3 is 1. The molecule has 1 atom stereocenters. The summed E-state index contributed by atoms with van der Waals surface area (Å²) in [6, 6.07) is 17.9. The molecule has 2 aromatic heterocycles. The molecule has 0 bridgehead atoms. The fourth-order valence-corrected chi connectivity index (χ4v) is 3.04. The predicted molar refractivity (Wildman–Crippen MR) is 103 cm³/mol. The second-order valence-electron chi connectivity index (χ2n) is 6.25. The van der Waals surface area contributed by atoms with E-state index in [2.05, 4.69) is 27.1 Å². The smallest absolute Gasteiger partial charge is 0.124 e. The Bertz CT molecular complexity index is 1010. The second kappa shape index (κ2) is 6.98. The van der Waals surface area contributed by atoms with Crippen molar-refractivity contribution in [2.75, 3.05) is 7.11 Å².